The van der Waals surface area contributed by atoms with Gasteiger partial charge in [-0.25, -0.2) is 9.67 Å². The van der Waals surface area contributed by atoms with E-state index in [0.717, 1.165) is 22.8 Å². The highest BCUT2D eigenvalue weighted by molar-refractivity contribution is 7.09. The van der Waals surface area contributed by atoms with Gasteiger partial charge in [0.2, 0.25) is 5.13 Å². The van der Waals surface area contributed by atoms with Crippen LogP contribution in [0.2, 0.25) is 0 Å². The summed E-state index contributed by atoms with van der Waals surface area (Å²) < 4.78 is 10.9. The van der Waals surface area contributed by atoms with Crippen LogP contribution in [0, 0.1) is 6.92 Å². The van der Waals surface area contributed by atoms with Crippen LogP contribution in [0.25, 0.3) is 5.69 Å². The maximum atomic E-state index is 12.6. The van der Waals surface area contributed by atoms with E-state index in [2.05, 4.69) is 25.0 Å². The summed E-state index contributed by atoms with van der Waals surface area (Å²) in [4.78, 5) is 27.9. The zero-order chi connectivity index (χ0) is 19.4. The molecule has 9 nitrogen and oxygen atoms in total. The molecule has 10 heteroatoms. The highest BCUT2D eigenvalue weighted by Gasteiger charge is 2.22. The van der Waals surface area contributed by atoms with Crippen LogP contribution in [-0.4, -0.2) is 43.2 Å². The van der Waals surface area contributed by atoms with Gasteiger partial charge in [-0.3, -0.25) is 14.9 Å². The number of ketones is 1. The summed E-state index contributed by atoms with van der Waals surface area (Å²) in [6, 6.07) is 7.69. The number of carbonyl (C=O) groups excluding carboxylic acids is 2. The average molecular weight is 386 g/mol. The number of ether oxygens (including phenoxy) is 1. The van der Waals surface area contributed by atoms with Crippen molar-refractivity contribution in [2.24, 2.45) is 0 Å². The van der Waals surface area contributed by atoms with Gasteiger partial charge in [-0.2, -0.15) is 4.37 Å². The lowest BCUT2D eigenvalue weighted by molar-refractivity contribution is -0.116. The summed E-state index contributed by atoms with van der Waals surface area (Å²) in [7, 11) is 1.54. The zero-order valence-corrected chi connectivity index (χ0v) is 15.9. The molecule has 1 amide bonds. The number of rotatable bonds is 7. The van der Waals surface area contributed by atoms with Gasteiger partial charge in [0.15, 0.2) is 11.5 Å². The van der Waals surface area contributed by atoms with E-state index in [4.69, 9.17) is 4.74 Å². The molecule has 2 aromatic heterocycles. The third-order valence-corrected chi connectivity index (χ3v) is 4.27. The largest absolute Gasteiger partial charge is 0.378 e. The third kappa shape index (κ3) is 4.41. The van der Waals surface area contributed by atoms with Gasteiger partial charge in [0.05, 0.1) is 18.7 Å². The molecule has 0 saturated carbocycles. The maximum absolute atomic E-state index is 12.6. The molecule has 0 radical (unpaired) electrons. The fourth-order valence-electron chi connectivity index (χ4n) is 2.47. The van der Waals surface area contributed by atoms with E-state index < -0.39 is 5.91 Å². The second kappa shape index (κ2) is 8.14. The number of Topliss-reactive ketones (excluding diaryl/α,β-unsaturated/α-hetero) is 1. The summed E-state index contributed by atoms with van der Waals surface area (Å²) >= 11 is 1.01. The smallest absolute Gasteiger partial charge is 0.280 e. The standard InChI is InChI=1S/C17H18N6O3S/c1-10-5-4-6-12(7-10)23-13(9-26-3)15(20-22-23)16(25)19-17-18-14(21-27-17)8-11(2)24/h4-7H,8-9H2,1-3H3,(H,18,19,21,25). The molecule has 0 aliphatic carbocycles. The van der Waals surface area contributed by atoms with Crippen molar-refractivity contribution in [3.63, 3.8) is 0 Å². The number of amides is 1. The van der Waals surface area contributed by atoms with E-state index in [0.29, 0.717) is 16.6 Å². The number of methoxy groups -OCH3 is 1. The zero-order valence-electron chi connectivity index (χ0n) is 15.1. The van der Waals surface area contributed by atoms with Gasteiger partial charge >= 0.3 is 0 Å². The minimum Gasteiger partial charge on any atom is -0.378 e. The Balaban J connectivity index is 1.86. The molecule has 0 atom stereocenters. The van der Waals surface area contributed by atoms with Crippen LogP contribution in [0.1, 0.15) is 34.5 Å². The van der Waals surface area contributed by atoms with Gasteiger partial charge in [-0.05, 0) is 31.5 Å². The molecular formula is C17H18N6O3S. The second-order valence-electron chi connectivity index (χ2n) is 5.92. The van der Waals surface area contributed by atoms with Crippen molar-refractivity contribution >= 4 is 28.4 Å². The Hall–Kier alpha value is -2.98. The van der Waals surface area contributed by atoms with Crippen LogP contribution in [0.3, 0.4) is 0 Å². The number of nitrogens with zero attached hydrogens (tertiary/aromatic N) is 5. The molecule has 0 spiro atoms. The van der Waals surface area contributed by atoms with Crippen LogP contribution in [0.15, 0.2) is 24.3 Å². The monoisotopic (exact) mass is 386 g/mol. The first kappa shape index (κ1) is 18.8. The van der Waals surface area contributed by atoms with Crippen LogP contribution in [-0.2, 0) is 22.6 Å². The molecule has 0 unspecified atom stereocenters. The lowest BCUT2D eigenvalue weighted by Gasteiger charge is -2.07. The Morgan fingerprint density at radius 3 is 2.85 bits per heavy atom. The summed E-state index contributed by atoms with van der Waals surface area (Å²) in [6.45, 7) is 3.59. The number of anilines is 1. The Kier molecular flexibility index (Phi) is 5.67. The molecule has 1 N–H and O–H groups in total. The molecule has 3 aromatic rings. The Morgan fingerprint density at radius 2 is 2.15 bits per heavy atom. The van der Waals surface area contributed by atoms with Crippen molar-refractivity contribution in [3.05, 3.63) is 47.0 Å². The van der Waals surface area contributed by atoms with E-state index in [1.54, 1.807) is 4.68 Å². The number of hydrogen-bond donors (Lipinski definition) is 1. The van der Waals surface area contributed by atoms with Crippen LogP contribution >= 0.6 is 11.5 Å². The number of aromatic nitrogens is 5. The van der Waals surface area contributed by atoms with Gasteiger partial charge in [0.1, 0.15) is 11.5 Å². The SMILES string of the molecule is COCc1c(C(=O)Nc2nc(CC(C)=O)ns2)nnn1-c1cccc(C)c1. The van der Waals surface area contributed by atoms with E-state index in [9.17, 15) is 9.59 Å². The van der Waals surface area contributed by atoms with Crippen molar-refractivity contribution < 1.29 is 14.3 Å². The Labute approximate surface area is 159 Å². The maximum Gasteiger partial charge on any atom is 0.280 e. The number of nitrogens with one attached hydrogen (secondary N) is 1. The Morgan fingerprint density at radius 1 is 1.33 bits per heavy atom. The predicted octanol–water partition coefficient (Wildman–Crippen LogP) is 1.96. The van der Waals surface area contributed by atoms with E-state index in [1.807, 2.05) is 31.2 Å². The van der Waals surface area contributed by atoms with Gasteiger partial charge in [-0.15, -0.1) is 5.10 Å². The van der Waals surface area contributed by atoms with Crippen LogP contribution in [0.5, 0.6) is 0 Å². The van der Waals surface area contributed by atoms with Gasteiger partial charge in [0, 0.05) is 18.6 Å². The number of benzene rings is 1. The summed E-state index contributed by atoms with van der Waals surface area (Å²) in [5.41, 5.74) is 2.51. The van der Waals surface area contributed by atoms with Gasteiger partial charge in [-0.1, -0.05) is 17.3 Å². The minimum absolute atomic E-state index is 0.0471. The lowest BCUT2D eigenvalue weighted by atomic mass is 10.2. The second-order valence-corrected chi connectivity index (χ2v) is 6.67. The van der Waals surface area contributed by atoms with E-state index in [-0.39, 0.29) is 24.5 Å². The molecule has 140 valence electrons. The number of aryl methyl sites for hydroxylation is 1. The molecule has 3 rings (SSSR count). The first-order valence-electron chi connectivity index (χ1n) is 8.12. The molecule has 0 fully saturated rings. The molecule has 1 aromatic carbocycles. The molecule has 0 bridgehead atoms. The van der Waals surface area contributed by atoms with Crippen LogP contribution < -0.4 is 5.32 Å². The molecular weight excluding hydrogens is 368 g/mol. The predicted molar refractivity (Wildman–Crippen MR) is 99.1 cm³/mol. The average Bonchev–Trinajstić information content (AvgIpc) is 3.21. The first-order chi connectivity index (χ1) is 13.0. The molecule has 2 heterocycles. The fraction of sp³-hybridized carbons (Fsp3) is 0.294. The van der Waals surface area contributed by atoms with Crippen molar-refractivity contribution in [3.8, 4) is 5.69 Å². The first-order valence-corrected chi connectivity index (χ1v) is 8.89. The highest BCUT2D eigenvalue weighted by Crippen LogP contribution is 2.18. The molecule has 27 heavy (non-hydrogen) atoms. The normalized spacial score (nSPS) is 10.8. The van der Waals surface area contributed by atoms with Crippen molar-refractivity contribution in [2.75, 3.05) is 12.4 Å². The van der Waals surface area contributed by atoms with Crippen LogP contribution in [0.4, 0.5) is 5.13 Å². The quantitative estimate of drug-likeness (QED) is 0.660. The summed E-state index contributed by atoms with van der Waals surface area (Å²) in [5, 5.41) is 11.1. The minimum atomic E-state index is -0.466. The van der Waals surface area contributed by atoms with E-state index >= 15 is 0 Å². The highest BCUT2D eigenvalue weighted by atomic mass is 32.1. The molecule has 0 saturated heterocycles. The molecule has 0 aliphatic rings. The van der Waals surface area contributed by atoms with E-state index in [1.165, 1.54) is 14.0 Å². The summed E-state index contributed by atoms with van der Waals surface area (Å²) in [6.07, 6.45) is 0.130. The third-order valence-electron chi connectivity index (χ3n) is 3.60. The number of carbonyl (C=O) groups is 2. The van der Waals surface area contributed by atoms with Crippen molar-refractivity contribution in [1.82, 2.24) is 24.4 Å². The lowest BCUT2D eigenvalue weighted by Crippen LogP contribution is -2.16. The van der Waals surface area contributed by atoms with Gasteiger partial charge in [0.25, 0.3) is 5.91 Å². The van der Waals surface area contributed by atoms with Crippen molar-refractivity contribution in [2.45, 2.75) is 26.9 Å². The summed E-state index contributed by atoms with van der Waals surface area (Å²) in [5.74, 6) is -0.135. The molecule has 0 aliphatic heterocycles. The van der Waals surface area contributed by atoms with Crippen molar-refractivity contribution in [1.29, 1.82) is 0 Å². The Bertz CT molecular complexity index is 981. The number of hydrogen-bond acceptors (Lipinski definition) is 8. The fourth-order valence-corrected chi connectivity index (χ4v) is 3.05. The topological polar surface area (TPSA) is 112 Å². The van der Waals surface area contributed by atoms with Gasteiger partial charge < -0.3 is 4.74 Å².